The predicted octanol–water partition coefficient (Wildman–Crippen LogP) is 4.22. The Hall–Kier alpha value is -2.21. The number of hydrogen-bond acceptors (Lipinski definition) is 5. The van der Waals surface area contributed by atoms with E-state index in [1.165, 1.54) is 18.4 Å². The molecule has 1 amide bonds. The van der Waals surface area contributed by atoms with E-state index >= 15 is 0 Å². The fourth-order valence-corrected chi connectivity index (χ4v) is 4.46. The second-order valence-corrected chi connectivity index (χ2v) is 8.54. The van der Waals surface area contributed by atoms with E-state index < -0.39 is 0 Å². The number of likely N-dealkylation sites (tertiary alicyclic amines) is 2. The number of hydrogen-bond donors (Lipinski definition) is 0. The fourth-order valence-electron chi connectivity index (χ4n) is 4.46. The first-order valence-electron chi connectivity index (χ1n) is 11.0. The highest BCUT2D eigenvalue weighted by molar-refractivity contribution is 5.79. The quantitative estimate of drug-likeness (QED) is 0.774. The van der Waals surface area contributed by atoms with Crippen molar-refractivity contribution in [3.05, 3.63) is 35.7 Å². The molecule has 0 saturated carbocycles. The molecular formula is C23H32N4O2. The largest absolute Gasteiger partial charge is 0.419 e. The van der Waals surface area contributed by atoms with E-state index in [1.54, 1.807) is 0 Å². The second-order valence-electron chi connectivity index (χ2n) is 8.54. The minimum absolute atomic E-state index is 0.0657. The number of piperidine rings is 1. The summed E-state index contributed by atoms with van der Waals surface area (Å²) >= 11 is 0. The number of carbonyl (C=O) groups excluding carboxylic acids is 1. The molecule has 6 nitrogen and oxygen atoms in total. The van der Waals surface area contributed by atoms with E-state index in [4.69, 9.17) is 4.42 Å². The van der Waals surface area contributed by atoms with Crippen LogP contribution in [0.4, 0.5) is 0 Å². The standard InChI is InChI=1S/C23H32N4O2/c1-17-7-9-19(10-8-17)22-25-24-21(29-22)18(2)26-15-11-20(12-16-26)23(28)27-13-5-3-4-6-14-27/h7-10,18,20H,3-6,11-16H2,1-2H3. The summed E-state index contributed by atoms with van der Waals surface area (Å²) in [6, 6.07) is 8.19. The average molecular weight is 397 g/mol. The van der Waals surface area contributed by atoms with Gasteiger partial charge in [-0.3, -0.25) is 9.69 Å². The molecule has 0 bridgehead atoms. The molecule has 1 aromatic carbocycles. The minimum atomic E-state index is 0.0657. The van der Waals surface area contributed by atoms with Crippen molar-refractivity contribution in [2.75, 3.05) is 26.2 Å². The molecule has 1 unspecified atom stereocenters. The average Bonchev–Trinajstić information content (AvgIpc) is 3.08. The van der Waals surface area contributed by atoms with E-state index in [1.807, 2.05) is 12.1 Å². The number of aromatic nitrogens is 2. The fraction of sp³-hybridized carbons (Fsp3) is 0.609. The molecule has 0 aliphatic carbocycles. The molecule has 2 saturated heterocycles. The molecule has 2 aliphatic rings. The third-order valence-corrected chi connectivity index (χ3v) is 6.44. The predicted molar refractivity (Wildman–Crippen MR) is 112 cm³/mol. The van der Waals surface area contributed by atoms with Gasteiger partial charge in [-0.05, 0) is 64.8 Å². The van der Waals surface area contributed by atoms with Crippen LogP contribution < -0.4 is 0 Å². The van der Waals surface area contributed by atoms with Crippen molar-refractivity contribution in [1.29, 1.82) is 0 Å². The second kappa shape index (κ2) is 9.08. The third-order valence-electron chi connectivity index (χ3n) is 6.44. The Morgan fingerprint density at radius 2 is 1.66 bits per heavy atom. The van der Waals surface area contributed by atoms with Crippen LogP contribution in [0.15, 0.2) is 28.7 Å². The maximum Gasteiger partial charge on any atom is 0.247 e. The molecule has 2 fully saturated rings. The molecule has 0 spiro atoms. The molecule has 2 aliphatic heterocycles. The van der Waals surface area contributed by atoms with E-state index in [9.17, 15) is 4.79 Å². The molecule has 3 heterocycles. The van der Waals surface area contributed by atoms with Crippen molar-refractivity contribution in [2.24, 2.45) is 5.92 Å². The SMILES string of the molecule is Cc1ccc(-c2nnc(C(C)N3CCC(C(=O)N4CCCCCC4)CC3)o2)cc1. The lowest BCUT2D eigenvalue weighted by Gasteiger charge is -2.36. The zero-order valence-corrected chi connectivity index (χ0v) is 17.6. The lowest BCUT2D eigenvalue weighted by Crippen LogP contribution is -2.43. The van der Waals surface area contributed by atoms with Crippen molar-refractivity contribution in [2.45, 2.75) is 58.4 Å². The van der Waals surface area contributed by atoms with Gasteiger partial charge in [0.1, 0.15) is 0 Å². The van der Waals surface area contributed by atoms with E-state index in [0.717, 1.165) is 57.4 Å². The lowest BCUT2D eigenvalue weighted by molar-refractivity contribution is -0.137. The summed E-state index contributed by atoms with van der Waals surface area (Å²) in [6.45, 7) is 7.86. The van der Waals surface area contributed by atoms with E-state index in [0.29, 0.717) is 17.7 Å². The van der Waals surface area contributed by atoms with Gasteiger partial charge in [0.2, 0.25) is 17.7 Å². The van der Waals surface area contributed by atoms with Crippen LogP contribution in [0.25, 0.3) is 11.5 Å². The number of carbonyl (C=O) groups is 1. The summed E-state index contributed by atoms with van der Waals surface area (Å²) in [5, 5.41) is 8.54. The van der Waals surface area contributed by atoms with Crippen LogP contribution in [-0.2, 0) is 4.79 Å². The summed E-state index contributed by atoms with van der Waals surface area (Å²) in [5.41, 5.74) is 2.16. The summed E-state index contributed by atoms with van der Waals surface area (Å²) < 4.78 is 5.97. The van der Waals surface area contributed by atoms with Gasteiger partial charge in [0.15, 0.2) is 0 Å². The maximum atomic E-state index is 12.9. The van der Waals surface area contributed by atoms with Gasteiger partial charge in [-0.2, -0.15) is 0 Å². The Kier molecular flexibility index (Phi) is 6.28. The molecule has 156 valence electrons. The topological polar surface area (TPSA) is 62.5 Å². The first-order valence-corrected chi connectivity index (χ1v) is 11.0. The van der Waals surface area contributed by atoms with Crippen molar-refractivity contribution in [3.8, 4) is 11.5 Å². The van der Waals surface area contributed by atoms with Crippen LogP contribution in [0.3, 0.4) is 0 Å². The molecule has 1 aromatic heterocycles. The Morgan fingerprint density at radius 1 is 1.00 bits per heavy atom. The van der Waals surface area contributed by atoms with Crippen LogP contribution in [-0.4, -0.2) is 52.1 Å². The van der Waals surface area contributed by atoms with Crippen LogP contribution in [0, 0.1) is 12.8 Å². The van der Waals surface area contributed by atoms with Gasteiger partial charge in [-0.15, -0.1) is 10.2 Å². The third kappa shape index (κ3) is 4.69. The Labute approximate surface area is 173 Å². The number of aryl methyl sites for hydroxylation is 1. The van der Waals surface area contributed by atoms with Crippen molar-refractivity contribution >= 4 is 5.91 Å². The highest BCUT2D eigenvalue weighted by Crippen LogP contribution is 2.29. The number of rotatable bonds is 4. The molecule has 0 radical (unpaired) electrons. The number of amides is 1. The van der Waals surface area contributed by atoms with Gasteiger partial charge in [0, 0.05) is 24.6 Å². The van der Waals surface area contributed by atoms with E-state index in [2.05, 4.69) is 46.0 Å². The van der Waals surface area contributed by atoms with Crippen LogP contribution in [0.2, 0.25) is 0 Å². The number of benzene rings is 1. The van der Waals surface area contributed by atoms with Crippen LogP contribution in [0.1, 0.15) is 62.9 Å². The molecular weight excluding hydrogens is 364 g/mol. The summed E-state index contributed by atoms with van der Waals surface area (Å²) in [7, 11) is 0. The Balaban J connectivity index is 1.33. The Morgan fingerprint density at radius 3 is 2.31 bits per heavy atom. The first-order chi connectivity index (χ1) is 14.1. The van der Waals surface area contributed by atoms with Gasteiger partial charge < -0.3 is 9.32 Å². The summed E-state index contributed by atoms with van der Waals surface area (Å²) in [4.78, 5) is 17.4. The smallest absolute Gasteiger partial charge is 0.247 e. The van der Waals surface area contributed by atoms with Crippen LogP contribution >= 0.6 is 0 Å². The zero-order chi connectivity index (χ0) is 20.2. The monoisotopic (exact) mass is 396 g/mol. The molecule has 0 N–H and O–H groups in total. The van der Waals surface area contributed by atoms with E-state index in [-0.39, 0.29) is 12.0 Å². The van der Waals surface area contributed by atoms with Crippen molar-refractivity contribution in [1.82, 2.24) is 20.0 Å². The van der Waals surface area contributed by atoms with Gasteiger partial charge in [0.25, 0.3) is 0 Å². The molecule has 4 rings (SSSR count). The van der Waals surface area contributed by atoms with Gasteiger partial charge in [-0.1, -0.05) is 30.5 Å². The van der Waals surface area contributed by atoms with Crippen molar-refractivity contribution < 1.29 is 9.21 Å². The van der Waals surface area contributed by atoms with Crippen LogP contribution in [0.5, 0.6) is 0 Å². The molecule has 6 heteroatoms. The summed E-state index contributed by atoms with van der Waals surface area (Å²) in [6.07, 6.45) is 6.66. The van der Waals surface area contributed by atoms with Gasteiger partial charge in [0.05, 0.1) is 6.04 Å². The zero-order valence-electron chi connectivity index (χ0n) is 17.6. The highest BCUT2D eigenvalue weighted by atomic mass is 16.4. The molecule has 2 aromatic rings. The van der Waals surface area contributed by atoms with Crippen molar-refractivity contribution in [3.63, 3.8) is 0 Å². The van der Waals surface area contributed by atoms with Gasteiger partial charge >= 0.3 is 0 Å². The maximum absolute atomic E-state index is 12.9. The Bertz CT molecular complexity index is 801. The summed E-state index contributed by atoms with van der Waals surface area (Å²) in [5.74, 6) is 1.76. The van der Waals surface area contributed by atoms with Gasteiger partial charge in [-0.25, -0.2) is 0 Å². The highest BCUT2D eigenvalue weighted by Gasteiger charge is 2.32. The minimum Gasteiger partial charge on any atom is -0.419 e. The molecule has 1 atom stereocenters. The first kappa shape index (κ1) is 20.1. The normalized spacial score (nSPS) is 20.4. The molecule has 29 heavy (non-hydrogen) atoms. The number of nitrogens with zero attached hydrogens (tertiary/aromatic N) is 4. The lowest BCUT2D eigenvalue weighted by atomic mass is 9.94.